The van der Waals surface area contributed by atoms with Gasteiger partial charge >= 0.3 is 0 Å². The van der Waals surface area contributed by atoms with Gasteiger partial charge in [0.1, 0.15) is 4.21 Å². The third-order valence-corrected chi connectivity index (χ3v) is 6.04. The molecule has 5 nitrogen and oxygen atoms in total. The molecule has 1 aromatic rings. The van der Waals surface area contributed by atoms with Crippen molar-refractivity contribution in [2.24, 2.45) is 0 Å². The fourth-order valence-electron chi connectivity index (χ4n) is 1.74. The Morgan fingerprint density at radius 3 is 2.70 bits per heavy atom. The van der Waals surface area contributed by atoms with Gasteiger partial charge in [-0.25, -0.2) is 13.1 Å². The van der Waals surface area contributed by atoms with E-state index in [1.165, 1.54) is 11.3 Å². The molecule has 116 valence electrons. The molecule has 0 bridgehead atoms. The third-order valence-electron chi connectivity index (χ3n) is 2.88. The van der Waals surface area contributed by atoms with Crippen molar-refractivity contribution in [3.05, 3.63) is 17.0 Å². The highest BCUT2D eigenvalue weighted by atomic mass is 32.2. The van der Waals surface area contributed by atoms with Gasteiger partial charge in [0.15, 0.2) is 0 Å². The van der Waals surface area contributed by atoms with Crippen LogP contribution in [0.1, 0.15) is 25.1 Å². The van der Waals surface area contributed by atoms with Crippen LogP contribution in [-0.4, -0.2) is 41.3 Å². The van der Waals surface area contributed by atoms with E-state index in [2.05, 4.69) is 17.0 Å². The van der Waals surface area contributed by atoms with Crippen molar-refractivity contribution >= 4 is 21.4 Å². The Bertz CT molecular complexity index is 486. The van der Waals surface area contributed by atoms with E-state index >= 15 is 0 Å². The predicted molar refractivity (Wildman–Crippen MR) is 82.8 cm³/mol. The normalized spacial score (nSPS) is 13.6. The van der Waals surface area contributed by atoms with Gasteiger partial charge in [0.05, 0.1) is 6.61 Å². The van der Waals surface area contributed by atoms with E-state index in [4.69, 9.17) is 4.74 Å². The SMILES string of the molecule is CCNCCc1ccc(S(=O)(=O)NC(CC)COC)s1. The van der Waals surface area contributed by atoms with Crippen LogP contribution in [0.3, 0.4) is 0 Å². The molecule has 0 saturated carbocycles. The van der Waals surface area contributed by atoms with Gasteiger partial charge in [-0.15, -0.1) is 11.3 Å². The lowest BCUT2D eigenvalue weighted by atomic mass is 10.3. The standard InChI is InChI=1S/C13H24N2O3S2/c1-4-11(10-18-3)15-20(16,17)13-7-6-12(19-13)8-9-14-5-2/h6-7,11,14-15H,4-5,8-10H2,1-3H3. The molecule has 20 heavy (non-hydrogen) atoms. The van der Waals surface area contributed by atoms with Gasteiger partial charge in [-0.2, -0.15) is 0 Å². The maximum Gasteiger partial charge on any atom is 0.250 e. The Balaban J connectivity index is 2.67. The fraction of sp³-hybridized carbons (Fsp3) is 0.692. The molecule has 0 aliphatic heterocycles. The van der Waals surface area contributed by atoms with Crippen molar-refractivity contribution in [1.29, 1.82) is 0 Å². The molecule has 1 atom stereocenters. The average Bonchev–Trinajstić information content (AvgIpc) is 2.88. The number of thiophene rings is 1. The van der Waals surface area contributed by atoms with Gasteiger partial charge in [-0.05, 0) is 38.1 Å². The molecule has 0 fully saturated rings. The number of likely N-dealkylation sites (N-methyl/N-ethyl adjacent to an activating group) is 1. The molecule has 7 heteroatoms. The minimum Gasteiger partial charge on any atom is -0.383 e. The summed E-state index contributed by atoms with van der Waals surface area (Å²) < 4.78 is 32.6. The van der Waals surface area contributed by atoms with Crippen molar-refractivity contribution in [2.75, 3.05) is 26.8 Å². The predicted octanol–water partition coefficient (Wildman–Crippen LogP) is 1.60. The largest absolute Gasteiger partial charge is 0.383 e. The highest BCUT2D eigenvalue weighted by Gasteiger charge is 2.20. The zero-order valence-electron chi connectivity index (χ0n) is 12.3. The fourth-order valence-corrected chi connectivity index (χ4v) is 4.42. The Hall–Kier alpha value is -0.470. The van der Waals surface area contributed by atoms with Crippen LogP contribution < -0.4 is 10.0 Å². The first-order valence-electron chi connectivity index (χ1n) is 6.84. The van der Waals surface area contributed by atoms with E-state index in [0.717, 1.165) is 24.4 Å². The van der Waals surface area contributed by atoms with Gasteiger partial charge in [0, 0.05) is 18.0 Å². The van der Waals surface area contributed by atoms with E-state index in [9.17, 15) is 8.42 Å². The minimum absolute atomic E-state index is 0.183. The molecule has 0 aromatic carbocycles. The van der Waals surface area contributed by atoms with Crippen molar-refractivity contribution in [1.82, 2.24) is 10.0 Å². The summed E-state index contributed by atoms with van der Waals surface area (Å²) in [6, 6.07) is 3.37. The summed E-state index contributed by atoms with van der Waals surface area (Å²) in [6.45, 7) is 6.16. The number of hydrogen-bond acceptors (Lipinski definition) is 5. The smallest absolute Gasteiger partial charge is 0.250 e. The van der Waals surface area contributed by atoms with E-state index < -0.39 is 10.0 Å². The summed E-state index contributed by atoms with van der Waals surface area (Å²) in [7, 11) is -1.87. The van der Waals surface area contributed by atoms with Crippen LogP contribution in [0.4, 0.5) is 0 Å². The Morgan fingerprint density at radius 1 is 1.35 bits per heavy atom. The number of hydrogen-bond donors (Lipinski definition) is 2. The first-order valence-corrected chi connectivity index (χ1v) is 9.14. The number of methoxy groups -OCH3 is 1. The Labute approximate surface area is 125 Å². The van der Waals surface area contributed by atoms with Crippen LogP contribution in [0.25, 0.3) is 0 Å². The lowest BCUT2D eigenvalue weighted by molar-refractivity contribution is 0.173. The van der Waals surface area contributed by atoms with Crippen LogP contribution in [-0.2, 0) is 21.2 Å². The van der Waals surface area contributed by atoms with Crippen LogP contribution in [0, 0.1) is 0 Å². The molecule has 0 spiro atoms. The zero-order valence-corrected chi connectivity index (χ0v) is 13.9. The number of ether oxygens (including phenoxy) is 1. The first-order chi connectivity index (χ1) is 9.53. The lowest BCUT2D eigenvalue weighted by Crippen LogP contribution is -2.37. The van der Waals surface area contributed by atoms with Crippen LogP contribution >= 0.6 is 11.3 Å². The molecule has 1 aromatic heterocycles. The second kappa shape index (κ2) is 8.74. The van der Waals surface area contributed by atoms with E-state index in [0.29, 0.717) is 17.2 Å². The molecule has 0 saturated heterocycles. The molecule has 1 rings (SSSR count). The number of sulfonamides is 1. The second-order valence-electron chi connectivity index (χ2n) is 4.51. The summed E-state index contributed by atoms with van der Waals surface area (Å²) in [5.74, 6) is 0. The molecule has 2 N–H and O–H groups in total. The highest BCUT2D eigenvalue weighted by Crippen LogP contribution is 2.22. The van der Waals surface area contributed by atoms with Crippen molar-refractivity contribution in [2.45, 2.75) is 36.9 Å². The topological polar surface area (TPSA) is 67.4 Å². The monoisotopic (exact) mass is 320 g/mol. The Kier molecular flexibility index (Phi) is 7.68. The molecule has 0 amide bonds. The van der Waals surface area contributed by atoms with Crippen molar-refractivity contribution in [3.63, 3.8) is 0 Å². The van der Waals surface area contributed by atoms with Crippen LogP contribution in [0.2, 0.25) is 0 Å². The molecule has 1 unspecified atom stereocenters. The number of nitrogens with one attached hydrogen (secondary N) is 2. The van der Waals surface area contributed by atoms with E-state index in [-0.39, 0.29) is 6.04 Å². The third kappa shape index (κ3) is 5.49. The molecular formula is C13H24N2O3S2. The lowest BCUT2D eigenvalue weighted by Gasteiger charge is -2.15. The summed E-state index contributed by atoms with van der Waals surface area (Å²) in [6.07, 6.45) is 1.55. The average molecular weight is 320 g/mol. The maximum absolute atomic E-state index is 12.2. The quantitative estimate of drug-likeness (QED) is 0.643. The molecule has 0 aliphatic rings. The summed E-state index contributed by atoms with van der Waals surface area (Å²) in [4.78, 5) is 1.08. The molecule has 0 radical (unpaired) electrons. The highest BCUT2D eigenvalue weighted by molar-refractivity contribution is 7.91. The molecular weight excluding hydrogens is 296 g/mol. The summed E-state index contributed by atoms with van der Waals surface area (Å²) in [5.41, 5.74) is 0. The summed E-state index contributed by atoms with van der Waals surface area (Å²) in [5, 5.41) is 3.23. The van der Waals surface area contributed by atoms with Gasteiger partial charge in [0.25, 0.3) is 0 Å². The van der Waals surface area contributed by atoms with Crippen LogP contribution in [0.5, 0.6) is 0 Å². The van der Waals surface area contributed by atoms with Gasteiger partial charge < -0.3 is 10.1 Å². The van der Waals surface area contributed by atoms with Gasteiger partial charge in [-0.3, -0.25) is 0 Å². The van der Waals surface area contributed by atoms with Gasteiger partial charge in [0.2, 0.25) is 10.0 Å². The minimum atomic E-state index is -3.44. The van der Waals surface area contributed by atoms with Crippen molar-refractivity contribution < 1.29 is 13.2 Å². The summed E-state index contributed by atoms with van der Waals surface area (Å²) >= 11 is 1.33. The van der Waals surface area contributed by atoms with Gasteiger partial charge in [-0.1, -0.05) is 13.8 Å². The molecule has 1 heterocycles. The molecule has 0 aliphatic carbocycles. The zero-order chi connectivity index (χ0) is 15.0. The van der Waals surface area contributed by atoms with E-state index in [1.54, 1.807) is 13.2 Å². The number of rotatable bonds is 10. The van der Waals surface area contributed by atoms with E-state index in [1.807, 2.05) is 13.0 Å². The first kappa shape index (κ1) is 17.6. The maximum atomic E-state index is 12.2. The Morgan fingerprint density at radius 2 is 2.10 bits per heavy atom. The van der Waals surface area contributed by atoms with Crippen LogP contribution in [0.15, 0.2) is 16.3 Å². The van der Waals surface area contributed by atoms with Crippen molar-refractivity contribution in [3.8, 4) is 0 Å². The second-order valence-corrected chi connectivity index (χ2v) is 7.62.